The third-order valence-corrected chi connectivity index (χ3v) is 4.31. The zero-order chi connectivity index (χ0) is 17.7. The topological polar surface area (TPSA) is 76.1 Å². The summed E-state index contributed by atoms with van der Waals surface area (Å²) in [5.41, 5.74) is 1.71. The Morgan fingerprint density at radius 3 is 2.25 bits per heavy atom. The Bertz CT molecular complexity index is 566. The summed E-state index contributed by atoms with van der Waals surface area (Å²) >= 11 is 0. The first-order valence-electron chi connectivity index (χ1n) is 8.09. The number of anilines is 2. The van der Waals surface area contributed by atoms with Gasteiger partial charge in [-0.25, -0.2) is 0 Å². The van der Waals surface area contributed by atoms with Gasteiger partial charge in [-0.15, -0.1) is 0 Å². The molecule has 0 bridgehead atoms. The number of piperazine rings is 1. The lowest BCUT2D eigenvalue weighted by atomic mass is 10.1. The summed E-state index contributed by atoms with van der Waals surface area (Å²) in [5, 5.41) is 12.2. The molecule has 0 unspecified atom stereocenters. The van der Waals surface area contributed by atoms with Crippen LogP contribution in [0.15, 0.2) is 24.3 Å². The van der Waals surface area contributed by atoms with Crippen molar-refractivity contribution < 1.29 is 14.7 Å². The van der Waals surface area contributed by atoms with Crippen LogP contribution in [0.3, 0.4) is 0 Å². The lowest BCUT2D eigenvalue weighted by molar-refractivity contribution is -0.145. The minimum absolute atomic E-state index is 0.0471. The fraction of sp³-hybridized carbons (Fsp3) is 0.529. The van der Waals surface area contributed by atoms with E-state index in [1.165, 1.54) is 0 Å². The molecule has 1 aliphatic rings. The predicted molar refractivity (Wildman–Crippen MR) is 94.5 cm³/mol. The van der Waals surface area contributed by atoms with E-state index in [-0.39, 0.29) is 12.3 Å². The van der Waals surface area contributed by atoms with E-state index in [0.717, 1.165) is 18.8 Å². The average molecular weight is 334 g/mol. The number of likely N-dealkylation sites (N-methyl/N-ethyl adjacent to an activating group) is 1. The largest absolute Gasteiger partial charge is 0.480 e. The quantitative estimate of drug-likeness (QED) is 0.801. The number of benzene rings is 1. The molecule has 7 nitrogen and oxygen atoms in total. The van der Waals surface area contributed by atoms with Gasteiger partial charge in [0.25, 0.3) is 0 Å². The highest BCUT2D eigenvalue weighted by atomic mass is 16.4. The maximum Gasteiger partial charge on any atom is 0.321 e. The maximum absolute atomic E-state index is 12.2. The van der Waals surface area contributed by atoms with Crippen LogP contribution in [-0.4, -0.2) is 80.1 Å². The molecule has 2 rings (SSSR count). The lowest BCUT2D eigenvalue weighted by Gasteiger charge is -2.35. The van der Waals surface area contributed by atoms with Gasteiger partial charge in [0.1, 0.15) is 6.04 Å². The highest BCUT2D eigenvalue weighted by Crippen LogP contribution is 2.17. The first-order chi connectivity index (χ1) is 11.4. The van der Waals surface area contributed by atoms with Crippen molar-refractivity contribution >= 4 is 23.3 Å². The van der Waals surface area contributed by atoms with E-state index in [2.05, 4.69) is 10.2 Å². The molecule has 0 spiro atoms. The molecule has 132 valence electrons. The number of rotatable bonds is 6. The Hall–Kier alpha value is -2.12. The van der Waals surface area contributed by atoms with Crippen molar-refractivity contribution in [1.82, 2.24) is 9.80 Å². The predicted octanol–water partition coefficient (Wildman–Crippen LogP) is 0.782. The molecule has 1 aromatic carbocycles. The van der Waals surface area contributed by atoms with Crippen LogP contribution < -0.4 is 10.2 Å². The van der Waals surface area contributed by atoms with Crippen molar-refractivity contribution in [3.63, 3.8) is 0 Å². The molecule has 1 aliphatic heterocycles. The Labute approximate surface area is 142 Å². The highest BCUT2D eigenvalue weighted by molar-refractivity contribution is 5.94. The van der Waals surface area contributed by atoms with Crippen molar-refractivity contribution in [2.45, 2.75) is 12.5 Å². The summed E-state index contributed by atoms with van der Waals surface area (Å²) < 4.78 is 0. The van der Waals surface area contributed by atoms with Gasteiger partial charge in [0.05, 0.1) is 6.42 Å². The molecule has 1 aromatic rings. The average Bonchev–Trinajstić information content (AvgIpc) is 2.54. The smallest absolute Gasteiger partial charge is 0.321 e. The molecule has 1 amide bonds. The maximum atomic E-state index is 12.2. The van der Waals surface area contributed by atoms with Crippen molar-refractivity contribution in [3.05, 3.63) is 24.3 Å². The van der Waals surface area contributed by atoms with Gasteiger partial charge in [0, 0.05) is 51.6 Å². The number of nitrogens with zero attached hydrogens (tertiary/aromatic N) is 3. The molecule has 7 heteroatoms. The van der Waals surface area contributed by atoms with E-state index < -0.39 is 12.0 Å². The molecule has 0 radical (unpaired) electrons. The molecular formula is C17H26N4O3. The van der Waals surface area contributed by atoms with Crippen molar-refractivity contribution in [3.8, 4) is 0 Å². The molecular weight excluding hydrogens is 308 g/mol. The molecule has 0 aromatic heterocycles. The zero-order valence-corrected chi connectivity index (χ0v) is 14.5. The second-order valence-corrected chi connectivity index (χ2v) is 6.39. The van der Waals surface area contributed by atoms with Crippen LogP contribution in [0.5, 0.6) is 0 Å². The summed E-state index contributed by atoms with van der Waals surface area (Å²) in [6.07, 6.45) is -0.0471. The van der Waals surface area contributed by atoms with Gasteiger partial charge in [-0.3, -0.25) is 14.5 Å². The van der Waals surface area contributed by atoms with Crippen LogP contribution in [0.4, 0.5) is 11.4 Å². The Kier molecular flexibility index (Phi) is 6.16. The van der Waals surface area contributed by atoms with Crippen LogP contribution in [0.1, 0.15) is 6.42 Å². The summed E-state index contributed by atoms with van der Waals surface area (Å²) in [7, 11) is 5.90. The minimum Gasteiger partial charge on any atom is -0.480 e. The number of carboxylic acid groups (broad SMARTS) is 1. The minimum atomic E-state index is -0.947. The van der Waals surface area contributed by atoms with E-state index in [1.807, 2.05) is 55.2 Å². The number of hydrogen-bond acceptors (Lipinski definition) is 5. The van der Waals surface area contributed by atoms with E-state index in [0.29, 0.717) is 18.8 Å². The van der Waals surface area contributed by atoms with E-state index in [9.17, 15) is 14.7 Å². The SMILES string of the molecule is CN1CCN([C@@H](CC(=O)Nc2ccc(N(C)C)cc2)C(=O)O)CC1. The molecule has 0 aliphatic carbocycles. The van der Waals surface area contributed by atoms with Gasteiger partial charge in [0.2, 0.25) is 5.91 Å². The number of nitrogens with one attached hydrogen (secondary N) is 1. The number of aliphatic carboxylic acids is 1. The molecule has 1 heterocycles. The van der Waals surface area contributed by atoms with Crippen molar-refractivity contribution in [2.75, 3.05) is 57.5 Å². The fourth-order valence-corrected chi connectivity index (χ4v) is 2.74. The van der Waals surface area contributed by atoms with Crippen LogP contribution in [0.2, 0.25) is 0 Å². The van der Waals surface area contributed by atoms with Gasteiger partial charge in [-0.2, -0.15) is 0 Å². The van der Waals surface area contributed by atoms with Gasteiger partial charge in [-0.05, 0) is 31.3 Å². The standard InChI is InChI=1S/C17H26N4O3/c1-19(2)14-6-4-13(5-7-14)18-16(22)12-15(17(23)24)21-10-8-20(3)9-11-21/h4-7,15H,8-12H2,1-3H3,(H,18,22)(H,23,24)/t15-/m0/s1. The monoisotopic (exact) mass is 334 g/mol. The Morgan fingerprint density at radius 2 is 1.75 bits per heavy atom. The molecule has 1 atom stereocenters. The van der Waals surface area contributed by atoms with Crippen molar-refractivity contribution in [1.29, 1.82) is 0 Å². The van der Waals surface area contributed by atoms with Gasteiger partial charge in [0.15, 0.2) is 0 Å². The number of amides is 1. The van der Waals surface area contributed by atoms with Crippen LogP contribution >= 0.6 is 0 Å². The van der Waals surface area contributed by atoms with Crippen LogP contribution in [0.25, 0.3) is 0 Å². The summed E-state index contributed by atoms with van der Waals surface area (Å²) in [6.45, 7) is 2.96. The van der Waals surface area contributed by atoms with E-state index in [4.69, 9.17) is 0 Å². The third kappa shape index (κ3) is 4.94. The van der Waals surface area contributed by atoms with Gasteiger partial charge < -0.3 is 20.2 Å². The number of carboxylic acids is 1. The fourth-order valence-electron chi connectivity index (χ4n) is 2.74. The third-order valence-electron chi connectivity index (χ3n) is 4.31. The molecule has 2 N–H and O–H groups in total. The second-order valence-electron chi connectivity index (χ2n) is 6.39. The van der Waals surface area contributed by atoms with Crippen LogP contribution in [0, 0.1) is 0 Å². The lowest BCUT2D eigenvalue weighted by Crippen LogP contribution is -2.52. The number of carbonyl (C=O) groups excluding carboxylic acids is 1. The van der Waals surface area contributed by atoms with Gasteiger partial charge >= 0.3 is 5.97 Å². The zero-order valence-electron chi connectivity index (χ0n) is 14.5. The van der Waals surface area contributed by atoms with Gasteiger partial charge in [-0.1, -0.05) is 0 Å². The molecule has 1 fully saturated rings. The first-order valence-corrected chi connectivity index (χ1v) is 8.09. The number of hydrogen-bond donors (Lipinski definition) is 2. The Balaban J connectivity index is 1.94. The molecule has 24 heavy (non-hydrogen) atoms. The first kappa shape index (κ1) is 18.2. The Morgan fingerprint density at radius 1 is 1.17 bits per heavy atom. The highest BCUT2D eigenvalue weighted by Gasteiger charge is 2.30. The molecule has 0 saturated carbocycles. The summed E-state index contributed by atoms with van der Waals surface area (Å²) in [5.74, 6) is -1.23. The molecule has 1 saturated heterocycles. The summed E-state index contributed by atoms with van der Waals surface area (Å²) in [6, 6.07) is 6.67. The van der Waals surface area contributed by atoms with E-state index in [1.54, 1.807) is 0 Å². The summed E-state index contributed by atoms with van der Waals surface area (Å²) in [4.78, 5) is 29.8. The van der Waals surface area contributed by atoms with E-state index >= 15 is 0 Å². The van der Waals surface area contributed by atoms with Crippen LogP contribution in [-0.2, 0) is 9.59 Å². The normalized spacial score (nSPS) is 17.3. The second kappa shape index (κ2) is 8.12. The van der Waals surface area contributed by atoms with Crippen molar-refractivity contribution in [2.24, 2.45) is 0 Å². The number of carbonyl (C=O) groups is 2.